The van der Waals surface area contributed by atoms with E-state index in [-0.39, 0.29) is 5.91 Å². The first kappa shape index (κ1) is 16.6. The van der Waals surface area contributed by atoms with Crippen molar-refractivity contribution in [2.75, 3.05) is 19.7 Å². The van der Waals surface area contributed by atoms with Crippen LogP contribution in [0.25, 0.3) is 0 Å². The molecule has 5 heteroatoms. The predicted octanol–water partition coefficient (Wildman–Crippen LogP) is 1.91. The van der Waals surface area contributed by atoms with Gasteiger partial charge in [0, 0.05) is 25.8 Å². The molecule has 1 N–H and O–H groups in total. The lowest BCUT2D eigenvalue weighted by Crippen LogP contribution is -2.49. The maximum Gasteiger partial charge on any atom is 0.253 e. The van der Waals surface area contributed by atoms with Crippen LogP contribution in [0.15, 0.2) is 48.7 Å². The lowest BCUT2D eigenvalue weighted by Gasteiger charge is -2.30. The molecule has 1 fully saturated rings. The molecule has 3 rings (SSSR count). The van der Waals surface area contributed by atoms with Crippen LogP contribution in [0, 0.1) is 6.92 Å². The molecule has 1 aliphatic rings. The van der Waals surface area contributed by atoms with Crippen molar-refractivity contribution >= 4 is 5.91 Å². The van der Waals surface area contributed by atoms with Crippen molar-refractivity contribution in [3.63, 3.8) is 0 Å². The van der Waals surface area contributed by atoms with Crippen LogP contribution in [0.3, 0.4) is 0 Å². The first-order chi connectivity index (χ1) is 11.7. The monoisotopic (exact) mass is 325 g/mol. The summed E-state index contributed by atoms with van der Waals surface area (Å²) in [5.41, 5.74) is 3.18. The molecule has 1 aliphatic heterocycles. The third-order valence-electron chi connectivity index (χ3n) is 4.05. The molecule has 5 nitrogen and oxygen atoms in total. The largest absolute Gasteiger partial charge is 0.366 e. The minimum atomic E-state index is -0.424. The number of benzene rings is 1. The summed E-state index contributed by atoms with van der Waals surface area (Å²) in [6, 6.07) is 14.0. The molecule has 0 bridgehead atoms. The fourth-order valence-electron chi connectivity index (χ4n) is 2.86. The summed E-state index contributed by atoms with van der Waals surface area (Å²) in [7, 11) is 0. The van der Waals surface area contributed by atoms with Crippen molar-refractivity contribution in [2.45, 2.75) is 26.1 Å². The second-order valence-electron chi connectivity index (χ2n) is 6.07. The number of rotatable bonds is 5. The summed E-state index contributed by atoms with van der Waals surface area (Å²) >= 11 is 0. The Hall–Kier alpha value is -2.24. The number of nitrogens with one attached hydrogen (secondary N) is 1. The van der Waals surface area contributed by atoms with Crippen molar-refractivity contribution in [1.29, 1.82) is 0 Å². The van der Waals surface area contributed by atoms with E-state index >= 15 is 0 Å². The number of carbonyl (C=O) groups excluding carboxylic acids is 1. The fraction of sp³-hybridized carbons (Fsp3) is 0.368. The Balaban J connectivity index is 1.78. The summed E-state index contributed by atoms with van der Waals surface area (Å²) in [4.78, 5) is 19.1. The number of aryl methyl sites for hydroxylation is 1. The highest BCUT2D eigenvalue weighted by molar-refractivity contribution is 5.81. The van der Waals surface area contributed by atoms with Gasteiger partial charge >= 0.3 is 0 Å². The normalized spacial score (nSPS) is 17.5. The number of hydrogen-bond acceptors (Lipinski definition) is 4. The van der Waals surface area contributed by atoms with Gasteiger partial charge in [-0.1, -0.05) is 35.9 Å². The van der Waals surface area contributed by atoms with Crippen molar-refractivity contribution in [2.24, 2.45) is 0 Å². The van der Waals surface area contributed by atoms with Crippen molar-refractivity contribution < 1.29 is 9.53 Å². The number of nitrogens with zero attached hydrogens (tertiary/aromatic N) is 2. The molecule has 24 heavy (non-hydrogen) atoms. The Morgan fingerprint density at radius 2 is 2.21 bits per heavy atom. The van der Waals surface area contributed by atoms with Gasteiger partial charge in [-0.3, -0.25) is 9.78 Å². The van der Waals surface area contributed by atoms with Gasteiger partial charge in [0.2, 0.25) is 0 Å². The molecule has 1 aromatic carbocycles. The Kier molecular flexibility index (Phi) is 5.56. The summed E-state index contributed by atoms with van der Waals surface area (Å²) in [5, 5.41) is 3.22. The van der Waals surface area contributed by atoms with Gasteiger partial charge < -0.3 is 15.0 Å². The zero-order chi connectivity index (χ0) is 16.8. The van der Waals surface area contributed by atoms with Crippen LogP contribution >= 0.6 is 0 Å². The fourth-order valence-corrected chi connectivity index (χ4v) is 2.86. The molecule has 0 saturated carbocycles. The molecular formula is C19H23N3O2. The Bertz CT molecular complexity index is 669. The number of pyridine rings is 1. The zero-order valence-electron chi connectivity index (χ0n) is 13.9. The second kappa shape index (κ2) is 8.04. The Morgan fingerprint density at radius 1 is 1.29 bits per heavy atom. The van der Waals surface area contributed by atoms with E-state index in [0.29, 0.717) is 26.2 Å². The maximum absolute atomic E-state index is 12.9. The Labute approximate surface area is 142 Å². The van der Waals surface area contributed by atoms with Crippen LogP contribution in [0.1, 0.15) is 16.8 Å². The van der Waals surface area contributed by atoms with E-state index in [9.17, 15) is 4.79 Å². The SMILES string of the molecule is Cc1cccc(CN(Cc2ccccn2)C(=O)C2CNCCO2)c1. The highest BCUT2D eigenvalue weighted by Crippen LogP contribution is 2.13. The third-order valence-corrected chi connectivity index (χ3v) is 4.05. The van der Waals surface area contributed by atoms with Gasteiger partial charge in [-0.05, 0) is 24.6 Å². The van der Waals surface area contributed by atoms with E-state index in [0.717, 1.165) is 17.8 Å². The molecule has 0 aliphatic carbocycles. The average molecular weight is 325 g/mol. The molecule has 1 saturated heterocycles. The van der Waals surface area contributed by atoms with E-state index < -0.39 is 6.10 Å². The van der Waals surface area contributed by atoms with Gasteiger partial charge in [0.15, 0.2) is 0 Å². The van der Waals surface area contributed by atoms with E-state index in [1.165, 1.54) is 5.56 Å². The zero-order valence-corrected chi connectivity index (χ0v) is 13.9. The van der Waals surface area contributed by atoms with Gasteiger partial charge in [-0.15, -0.1) is 0 Å². The smallest absolute Gasteiger partial charge is 0.253 e. The quantitative estimate of drug-likeness (QED) is 0.912. The highest BCUT2D eigenvalue weighted by Gasteiger charge is 2.27. The van der Waals surface area contributed by atoms with Crippen LogP contribution in [0.2, 0.25) is 0 Å². The highest BCUT2D eigenvalue weighted by atomic mass is 16.5. The number of hydrogen-bond donors (Lipinski definition) is 1. The number of morpholine rings is 1. The van der Waals surface area contributed by atoms with E-state index in [1.54, 1.807) is 6.20 Å². The molecule has 126 valence electrons. The van der Waals surface area contributed by atoms with Gasteiger partial charge in [-0.2, -0.15) is 0 Å². The van der Waals surface area contributed by atoms with Crippen LogP contribution in [-0.4, -0.2) is 41.6 Å². The molecule has 2 aromatic rings. The van der Waals surface area contributed by atoms with Crippen LogP contribution in [-0.2, 0) is 22.6 Å². The third kappa shape index (κ3) is 4.40. The summed E-state index contributed by atoms with van der Waals surface area (Å²) in [5.74, 6) is 0.00867. The van der Waals surface area contributed by atoms with Gasteiger partial charge in [0.1, 0.15) is 6.10 Å². The number of amides is 1. The number of ether oxygens (including phenoxy) is 1. The predicted molar refractivity (Wildman–Crippen MR) is 92.3 cm³/mol. The van der Waals surface area contributed by atoms with Crippen molar-refractivity contribution in [1.82, 2.24) is 15.2 Å². The molecule has 1 unspecified atom stereocenters. The average Bonchev–Trinajstić information content (AvgIpc) is 2.62. The first-order valence-electron chi connectivity index (χ1n) is 8.29. The molecule has 0 radical (unpaired) electrons. The number of aromatic nitrogens is 1. The summed E-state index contributed by atoms with van der Waals surface area (Å²) < 4.78 is 5.65. The Morgan fingerprint density at radius 3 is 2.92 bits per heavy atom. The summed E-state index contributed by atoms with van der Waals surface area (Å²) in [6.07, 6.45) is 1.33. The first-order valence-corrected chi connectivity index (χ1v) is 8.29. The van der Waals surface area contributed by atoms with Crippen molar-refractivity contribution in [3.8, 4) is 0 Å². The molecule has 1 aromatic heterocycles. The molecule has 1 atom stereocenters. The minimum absolute atomic E-state index is 0.00867. The van der Waals surface area contributed by atoms with Gasteiger partial charge in [0.25, 0.3) is 5.91 Å². The van der Waals surface area contributed by atoms with Crippen LogP contribution < -0.4 is 5.32 Å². The number of carbonyl (C=O) groups is 1. The minimum Gasteiger partial charge on any atom is -0.366 e. The van der Waals surface area contributed by atoms with E-state index in [2.05, 4.69) is 29.4 Å². The van der Waals surface area contributed by atoms with Gasteiger partial charge in [0.05, 0.1) is 18.8 Å². The molecule has 0 spiro atoms. The van der Waals surface area contributed by atoms with Gasteiger partial charge in [-0.25, -0.2) is 0 Å². The van der Waals surface area contributed by atoms with Crippen molar-refractivity contribution in [3.05, 3.63) is 65.5 Å². The maximum atomic E-state index is 12.9. The second-order valence-corrected chi connectivity index (χ2v) is 6.07. The lowest BCUT2D eigenvalue weighted by atomic mass is 10.1. The van der Waals surface area contributed by atoms with Crippen LogP contribution in [0.4, 0.5) is 0 Å². The lowest BCUT2D eigenvalue weighted by molar-refractivity contribution is -0.146. The molecular weight excluding hydrogens is 302 g/mol. The van der Waals surface area contributed by atoms with E-state index in [1.807, 2.05) is 35.2 Å². The standard InChI is InChI=1S/C19H23N3O2/c1-15-5-4-6-16(11-15)13-22(14-17-7-2-3-8-21-17)19(23)18-12-20-9-10-24-18/h2-8,11,18,20H,9-10,12-14H2,1H3. The van der Waals surface area contributed by atoms with E-state index in [4.69, 9.17) is 4.74 Å². The van der Waals surface area contributed by atoms with Crippen LogP contribution in [0.5, 0.6) is 0 Å². The molecule has 2 heterocycles. The topological polar surface area (TPSA) is 54.5 Å². The summed E-state index contributed by atoms with van der Waals surface area (Å²) in [6.45, 7) is 5.01. The molecule has 1 amide bonds.